The minimum absolute atomic E-state index is 0.0681. The molecule has 1 heterocycles. The SMILES string of the molecule is CSc1ccc(C2(N)CC2)s1. The van der Waals surface area contributed by atoms with E-state index in [1.54, 1.807) is 11.8 Å². The van der Waals surface area contributed by atoms with Crippen LogP contribution in [-0.2, 0) is 5.54 Å². The Hall–Kier alpha value is 0.01000. The average molecular weight is 185 g/mol. The Bertz CT molecular complexity index is 263. The summed E-state index contributed by atoms with van der Waals surface area (Å²) in [5.41, 5.74) is 6.11. The number of thiophene rings is 1. The molecule has 0 unspecified atom stereocenters. The van der Waals surface area contributed by atoms with Crippen LogP contribution in [0.3, 0.4) is 0 Å². The van der Waals surface area contributed by atoms with E-state index in [0.29, 0.717) is 0 Å². The second-order valence-corrected chi connectivity index (χ2v) is 5.17. The van der Waals surface area contributed by atoms with Crippen LogP contribution in [0.2, 0.25) is 0 Å². The fourth-order valence-corrected chi connectivity index (χ4v) is 2.78. The van der Waals surface area contributed by atoms with Gasteiger partial charge in [0, 0.05) is 4.88 Å². The first-order valence-electron chi connectivity index (χ1n) is 3.68. The van der Waals surface area contributed by atoms with Crippen LogP contribution in [0.25, 0.3) is 0 Å². The van der Waals surface area contributed by atoms with E-state index in [1.807, 2.05) is 11.3 Å². The summed E-state index contributed by atoms with van der Waals surface area (Å²) >= 11 is 3.64. The first-order valence-corrected chi connectivity index (χ1v) is 5.72. The van der Waals surface area contributed by atoms with Crippen molar-refractivity contribution in [1.82, 2.24) is 0 Å². The van der Waals surface area contributed by atoms with Crippen LogP contribution in [0, 0.1) is 0 Å². The van der Waals surface area contributed by atoms with Crippen molar-refractivity contribution in [2.45, 2.75) is 22.6 Å². The molecule has 1 fully saturated rings. The van der Waals surface area contributed by atoms with E-state index in [2.05, 4.69) is 18.4 Å². The van der Waals surface area contributed by atoms with Gasteiger partial charge in [-0.1, -0.05) is 0 Å². The highest BCUT2D eigenvalue weighted by Gasteiger charge is 2.41. The van der Waals surface area contributed by atoms with Gasteiger partial charge in [-0.05, 0) is 31.2 Å². The summed E-state index contributed by atoms with van der Waals surface area (Å²) in [5, 5.41) is 0. The topological polar surface area (TPSA) is 26.0 Å². The van der Waals surface area contributed by atoms with Gasteiger partial charge in [-0.3, -0.25) is 0 Å². The van der Waals surface area contributed by atoms with Gasteiger partial charge in [-0.2, -0.15) is 0 Å². The third-order valence-corrected chi connectivity index (χ3v) is 4.45. The maximum absolute atomic E-state index is 6.04. The van der Waals surface area contributed by atoms with Crippen LogP contribution in [0.5, 0.6) is 0 Å². The molecule has 0 atom stereocenters. The molecule has 3 heteroatoms. The summed E-state index contributed by atoms with van der Waals surface area (Å²) in [7, 11) is 0. The number of rotatable bonds is 2. The average Bonchev–Trinajstić information content (AvgIpc) is 2.61. The zero-order valence-electron chi connectivity index (χ0n) is 6.46. The van der Waals surface area contributed by atoms with Crippen LogP contribution in [0.1, 0.15) is 17.7 Å². The molecule has 1 nitrogen and oxygen atoms in total. The van der Waals surface area contributed by atoms with E-state index in [4.69, 9.17) is 5.73 Å². The molecule has 0 aromatic carbocycles. The normalized spacial score (nSPS) is 20.2. The molecule has 1 aliphatic rings. The molecule has 11 heavy (non-hydrogen) atoms. The molecule has 1 aliphatic carbocycles. The van der Waals surface area contributed by atoms with E-state index in [-0.39, 0.29) is 5.54 Å². The van der Waals surface area contributed by atoms with Crippen LogP contribution < -0.4 is 5.73 Å². The van der Waals surface area contributed by atoms with Crippen molar-refractivity contribution >= 4 is 23.1 Å². The first-order chi connectivity index (χ1) is 5.24. The van der Waals surface area contributed by atoms with Gasteiger partial charge >= 0.3 is 0 Å². The zero-order chi connectivity index (χ0) is 7.90. The summed E-state index contributed by atoms with van der Waals surface area (Å²) in [5.74, 6) is 0. The molecule has 2 N–H and O–H groups in total. The van der Waals surface area contributed by atoms with E-state index in [9.17, 15) is 0 Å². The Balaban J connectivity index is 2.25. The molecular weight excluding hydrogens is 174 g/mol. The number of hydrogen-bond donors (Lipinski definition) is 1. The predicted octanol–water partition coefficient (Wildman–Crippen LogP) is 2.42. The van der Waals surface area contributed by atoms with E-state index < -0.39 is 0 Å². The molecule has 0 spiro atoms. The number of nitrogens with two attached hydrogens (primary N) is 1. The van der Waals surface area contributed by atoms with E-state index >= 15 is 0 Å². The third kappa shape index (κ3) is 1.33. The van der Waals surface area contributed by atoms with Gasteiger partial charge in [0.15, 0.2) is 0 Å². The van der Waals surface area contributed by atoms with E-state index in [1.165, 1.54) is 21.9 Å². The molecule has 0 aliphatic heterocycles. The van der Waals surface area contributed by atoms with Gasteiger partial charge in [0.1, 0.15) is 0 Å². The quantitative estimate of drug-likeness (QED) is 0.716. The fourth-order valence-electron chi connectivity index (χ4n) is 1.08. The molecular formula is C8H11NS2. The minimum Gasteiger partial charge on any atom is -0.321 e. The van der Waals surface area contributed by atoms with Crippen molar-refractivity contribution in [1.29, 1.82) is 0 Å². The summed E-state index contributed by atoms with van der Waals surface area (Å²) in [6, 6.07) is 4.33. The zero-order valence-corrected chi connectivity index (χ0v) is 8.10. The van der Waals surface area contributed by atoms with Gasteiger partial charge in [0.2, 0.25) is 0 Å². The Kier molecular flexibility index (Phi) is 1.74. The lowest BCUT2D eigenvalue weighted by Gasteiger charge is -2.02. The summed E-state index contributed by atoms with van der Waals surface area (Å²) in [4.78, 5) is 1.36. The minimum atomic E-state index is 0.0681. The van der Waals surface area contributed by atoms with E-state index in [0.717, 1.165) is 0 Å². The Labute approximate surface area is 75.0 Å². The molecule has 1 aromatic rings. The largest absolute Gasteiger partial charge is 0.321 e. The molecule has 60 valence electrons. The molecule has 0 amide bonds. The van der Waals surface area contributed by atoms with Gasteiger partial charge in [0.05, 0.1) is 9.75 Å². The van der Waals surface area contributed by atoms with Crippen LogP contribution in [0.15, 0.2) is 16.3 Å². The second-order valence-electron chi connectivity index (χ2n) is 2.98. The van der Waals surface area contributed by atoms with Gasteiger partial charge in [-0.15, -0.1) is 23.1 Å². The number of hydrogen-bond acceptors (Lipinski definition) is 3. The maximum Gasteiger partial charge on any atom is 0.0599 e. The monoisotopic (exact) mass is 185 g/mol. The van der Waals surface area contributed by atoms with Crippen molar-refractivity contribution in [3.05, 3.63) is 17.0 Å². The Morgan fingerprint density at radius 2 is 2.27 bits per heavy atom. The van der Waals surface area contributed by atoms with Crippen LogP contribution in [-0.4, -0.2) is 6.26 Å². The molecule has 2 rings (SSSR count). The van der Waals surface area contributed by atoms with Gasteiger partial charge in [-0.25, -0.2) is 0 Å². The first kappa shape index (κ1) is 7.65. The molecule has 1 aromatic heterocycles. The number of thioether (sulfide) groups is 1. The standard InChI is InChI=1S/C8H11NS2/c1-10-7-3-2-6(11-7)8(9)4-5-8/h2-3H,4-5,9H2,1H3. The van der Waals surface area contributed by atoms with Crippen molar-refractivity contribution in [2.24, 2.45) is 5.73 Å². The summed E-state index contributed by atoms with van der Waals surface area (Å²) in [6.45, 7) is 0. The third-order valence-electron chi connectivity index (χ3n) is 2.06. The summed E-state index contributed by atoms with van der Waals surface area (Å²) < 4.78 is 1.37. The lowest BCUT2D eigenvalue weighted by Crippen LogP contribution is -2.16. The molecule has 0 bridgehead atoms. The lowest BCUT2D eigenvalue weighted by atomic mass is 10.2. The Morgan fingerprint density at radius 1 is 1.55 bits per heavy atom. The van der Waals surface area contributed by atoms with Gasteiger partial charge in [0.25, 0.3) is 0 Å². The predicted molar refractivity (Wildman–Crippen MR) is 51.2 cm³/mol. The van der Waals surface area contributed by atoms with Crippen molar-refractivity contribution in [2.75, 3.05) is 6.26 Å². The van der Waals surface area contributed by atoms with Gasteiger partial charge < -0.3 is 5.73 Å². The molecule has 0 saturated heterocycles. The molecule has 1 saturated carbocycles. The second kappa shape index (κ2) is 2.51. The highest BCUT2D eigenvalue weighted by Crippen LogP contribution is 2.46. The van der Waals surface area contributed by atoms with Crippen molar-refractivity contribution < 1.29 is 0 Å². The highest BCUT2D eigenvalue weighted by atomic mass is 32.2. The maximum atomic E-state index is 6.04. The van der Waals surface area contributed by atoms with Crippen LogP contribution >= 0.6 is 23.1 Å². The smallest absolute Gasteiger partial charge is 0.0599 e. The van der Waals surface area contributed by atoms with Crippen LogP contribution in [0.4, 0.5) is 0 Å². The Morgan fingerprint density at radius 3 is 2.73 bits per heavy atom. The highest BCUT2D eigenvalue weighted by molar-refractivity contribution is 8.00. The van der Waals surface area contributed by atoms with Crippen molar-refractivity contribution in [3.8, 4) is 0 Å². The fraction of sp³-hybridized carbons (Fsp3) is 0.500. The molecule has 0 radical (unpaired) electrons. The lowest BCUT2D eigenvalue weighted by molar-refractivity contribution is 0.759. The van der Waals surface area contributed by atoms with Crippen molar-refractivity contribution in [3.63, 3.8) is 0 Å². The summed E-state index contributed by atoms with van der Waals surface area (Å²) in [6.07, 6.45) is 4.44.